The molecule has 1 saturated heterocycles. The Morgan fingerprint density at radius 1 is 1.22 bits per heavy atom. The van der Waals surface area contributed by atoms with Crippen molar-refractivity contribution in [2.75, 3.05) is 18.8 Å². The van der Waals surface area contributed by atoms with Crippen LogP contribution < -0.4 is 4.72 Å². The van der Waals surface area contributed by atoms with E-state index in [1.165, 1.54) is 6.42 Å². The smallest absolute Gasteiger partial charge is 0.225 e. The third-order valence-electron chi connectivity index (χ3n) is 3.99. The van der Waals surface area contributed by atoms with Crippen LogP contribution in [0.4, 0.5) is 0 Å². The summed E-state index contributed by atoms with van der Waals surface area (Å²) < 4.78 is 25.6. The van der Waals surface area contributed by atoms with Crippen LogP contribution in [0.15, 0.2) is 0 Å². The quantitative estimate of drug-likeness (QED) is 0.821. The van der Waals surface area contributed by atoms with Crippen molar-refractivity contribution in [1.29, 1.82) is 0 Å². The van der Waals surface area contributed by atoms with Crippen LogP contribution in [-0.2, 0) is 14.8 Å². The molecule has 0 aromatic carbocycles. The number of sulfonamides is 1. The molecule has 18 heavy (non-hydrogen) atoms. The van der Waals surface area contributed by atoms with E-state index in [1.807, 2.05) is 4.90 Å². The zero-order valence-electron chi connectivity index (χ0n) is 10.9. The van der Waals surface area contributed by atoms with Crippen molar-refractivity contribution >= 4 is 15.9 Å². The van der Waals surface area contributed by atoms with E-state index in [0.717, 1.165) is 25.7 Å². The van der Waals surface area contributed by atoms with Gasteiger partial charge in [-0.3, -0.25) is 4.79 Å². The molecule has 6 heteroatoms. The summed E-state index contributed by atoms with van der Waals surface area (Å²) in [4.78, 5) is 13.9. The van der Waals surface area contributed by atoms with Crippen LogP contribution in [0.5, 0.6) is 0 Å². The number of amides is 1. The molecule has 1 aliphatic carbocycles. The average Bonchev–Trinajstić information content (AvgIpc) is 2.27. The normalized spacial score (nSPS) is 22.8. The fraction of sp³-hybridized carbons (Fsp3) is 0.917. The second-order valence-electron chi connectivity index (χ2n) is 5.25. The van der Waals surface area contributed by atoms with E-state index >= 15 is 0 Å². The summed E-state index contributed by atoms with van der Waals surface area (Å²) in [5, 5.41) is 0. The van der Waals surface area contributed by atoms with Crippen LogP contribution in [0.25, 0.3) is 0 Å². The molecule has 0 aromatic rings. The van der Waals surface area contributed by atoms with Crippen LogP contribution in [0.1, 0.15) is 39.0 Å². The minimum Gasteiger partial charge on any atom is -0.342 e. The molecule has 0 unspecified atom stereocenters. The van der Waals surface area contributed by atoms with E-state index in [2.05, 4.69) is 4.72 Å². The Morgan fingerprint density at radius 2 is 1.83 bits per heavy atom. The van der Waals surface area contributed by atoms with Gasteiger partial charge in [0.05, 0.1) is 5.75 Å². The second kappa shape index (κ2) is 5.57. The maximum atomic E-state index is 12.0. The van der Waals surface area contributed by atoms with E-state index in [0.29, 0.717) is 13.1 Å². The number of carbonyl (C=O) groups excluding carboxylic acids is 1. The van der Waals surface area contributed by atoms with Crippen molar-refractivity contribution in [3.63, 3.8) is 0 Å². The second-order valence-corrected chi connectivity index (χ2v) is 7.29. The van der Waals surface area contributed by atoms with Crippen molar-refractivity contribution in [2.45, 2.75) is 45.1 Å². The number of likely N-dealkylation sites (tertiary alicyclic amines) is 1. The first kappa shape index (κ1) is 13.8. The summed E-state index contributed by atoms with van der Waals surface area (Å²) in [6.07, 6.45) is 4.70. The molecule has 0 atom stereocenters. The number of hydrogen-bond acceptors (Lipinski definition) is 3. The topological polar surface area (TPSA) is 66.5 Å². The standard InChI is InChI=1S/C12H22N2O3S/c1-2-18(16,17)13-11-6-8-14(9-7-11)12(15)10-4-3-5-10/h10-11,13H,2-9H2,1H3. The van der Waals surface area contributed by atoms with E-state index in [1.54, 1.807) is 6.92 Å². The first-order valence-electron chi connectivity index (χ1n) is 6.80. The van der Waals surface area contributed by atoms with Crippen molar-refractivity contribution in [1.82, 2.24) is 9.62 Å². The fourth-order valence-electron chi connectivity index (χ4n) is 2.47. The summed E-state index contributed by atoms with van der Waals surface area (Å²) in [6, 6.07) is 0.000362. The third-order valence-corrected chi connectivity index (χ3v) is 5.44. The lowest BCUT2D eigenvalue weighted by Gasteiger charge is -2.36. The maximum Gasteiger partial charge on any atom is 0.225 e. The van der Waals surface area contributed by atoms with Crippen LogP contribution in [-0.4, -0.2) is 44.1 Å². The molecule has 0 aromatic heterocycles. The highest BCUT2D eigenvalue weighted by molar-refractivity contribution is 7.89. The summed E-state index contributed by atoms with van der Waals surface area (Å²) in [5.41, 5.74) is 0. The van der Waals surface area contributed by atoms with Crippen molar-refractivity contribution in [3.05, 3.63) is 0 Å². The number of rotatable bonds is 4. The van der Waals surface area contributed by atoms with Crippen molar-refractivity contribution in [3.8, 4) is 0 Å². The first-order chi connectivity index (χ1) is 8.52. The van der Waals surface area contributed by atoms with Gasteiger partial charge >= 0.3 is 0 Å². The molecule has 1 N–H and O–H groups in total. The summed E-state index contributed by atoms with van der Waals surface area (Å²) in [5.74, 6) is 0.640. The van der Waals surface area contributed by atoms with E-state index in [4.69, 9.17) is 0 Å². The lowest BCUT2D eigenvalue weighted by Crippen LogP contribution is -2.49. The van der Waals surface area contributed by atoms with Gasteiger partial charge in [-0.15, -0.1) is 0 Å². The molecule has 1 saturated carbocycles. The van der Waals surface area contributed by atoms with Gasteiger partial charge in [-0.25, -0.2) is 13.1 Å². The van der Waals surface area contributed by atoms with Crippen molar-refractivity contribution < 1.29 is 13.2 Å². The molecule has 1 heterocycles. The van der Waals surface area contributed by atoms with Crippen LogP contribution in [0, 0.1) is 5.92 Å². The molecule has 2 aliphatic rings. The van der Waals surface area contributed by atoms with Gasteiger partial charge in [0.15, 0.2) is 0 Å². The zero-order valence-corrected chi connectivity index (χ0v) is 11.7. The van der Waals surface area contributed by atoms with Gasteiger partial charge in [0, 0.05) is 25.0 Å². The molecule has 104 valence electrons. The van der Waals surface area contributed by atoms with E-state index < -0.39 is 10.0 Å². The number of nitrogens with one attached hydrogen (secondary N) is 1. The Kier molecular flexibility index (Phi) is 4.27. The van der Waals surface area contributed by atoms with Gasteiger partial charge in [-0.2, -0.15) is 0 Å². The van der Waals surface area contributed by atoms with E-state index in [-0.39, 0.29) is 23.6 Å². The largest absolute Gasteiger partial charge is 0.342 e. The first-order valence-corrected chi connectivity index (χ1v) is 8.46. The Morgan fingerprint density at radius 3 is 2.28 bits per heavy atom. The molecule has 1 amide bonds. The van der Waals surface area contributed by atoms with Gasteiger partial charge in [0.25, 0.3) is 0 Å². The predicted molar refractivity (Wildman–Crippen MR) is 69.5 cm³/mol. The number of hydrogen-bond donors (Lipinski definition) is 1. The average molecular weight is 274 g/mol. The van der Waals surface area contributed by atoms with Crippen LogP contribution in [0.2, 0.25) is 0 Å². The SMILES string of the molecule is CCS(=O)(=O)NC1CCN(C(=O)C2CCC2)CC1. The minimum absolute atomic E-state index is 0.000362. The van der Waals surface area contributed by atoms with Crippen molar-refractivity contribution in [2.24, 2.45) is 5.92 Å². The molecular weight excluding hydrogens is 252 g/mol. The number of carbonyl (C=O) groups is 1. The van der Waals surface area contributed by atoms with Gasteiger partial charge < -0.3 is 4.90 Å². The lowest BCUT2D eigenvalue weighted by atomic mass is 9.84. The zero-order chi connectivity index (χ0) is 13.2. The molecule has 2 rings (SSSR count). The van der Waals surface area contributed by atoms with E-state index in [9.17, 15) is 13.2 Å². The molecule has 1 aliphatic heterocycles. The Bertz CT molecular complexity index is 396. The predicted octanol–water partition coefficient (Wildman–Crippen LogP) is 0.717. The number of piperidine rings is 1. The highest BCUT2D eigenvalue weighted by Gasteiger charge is 2.32. The molecule has 2 fully saturated rings. The van der Waals surface area contributed by atoms with Gasteiger partial charge in [0.2, 0.25) is 15.9 Å². The molecule has 0 radical (unpaired) electrons. The molecular formula is C12H22N2O3S. The Balaban J connectivity index is 1.79. The number of nitrogens with zero attached hydrogens (tertiary/aromatic N) is 1. The minimum atomic E-state index is -3.12. The monoisotopic (exact) mass is 274 g/mol. The lowest BCUT2D eigenvalue weighted by molar-refractivity contribution is -0.139. The van der Waals surface area contributed by atoms with Gasteiger partial charge in [-0.1, -0.05) is 6.42 Å². The summed E-state index contributed by atoms with van der Waals surface area (Å²) in [6.45, 7) is 3.01. The molecule has 0 bridgehead atoms. The van der Waals surface area contributed by atoms with Crippen LogP contribution in [0.3, 0.4) is 0 Å². The summed E-state index contributed by atoms with van der Waals surface area (Å²) in [7, 11) is -3.12. The van der Waals surface area contributed by atoms with Gasteiger partial charge in [-0.05, 0) is 32.6 Å². The maximum absolute atomic E-state index is 12.0. The summed E-state index contributed by atoms with van der Waals surface area (Å²) >= 11 is 0. The Hall–Kier alpha value is -0.620. The third kappa shape index (κ3) is 3.23. The highest BCUT2D eigenvalue weighted by atomic mass is 32.2. The van der Waals surface area contributed by atoms with Gasteiger partial charge in [0.1, 0.15) is 0 Å². The molecule has 5 nitrogen and oxygen atoms in total. The molecule has 0 spiro atoms. The Labute approximate surface area is 109 Å². The fourth-order valence-corrected chi connectivity index (χ4v) is 3.38. The van der Waals surface area contributed by atoms with Crippen LogP contribution >= 0.6 is 0 Å². The highest BCUT2D eigenvalue weighted by Crippen LogP contribution is 2.29.